The van der Waals surface area contributed by atoms with E-state index in [2.05, 4.69) is 18.7 Å². The number of carbonyl (C=O) groups excluding carboxylic acids is 2. The van der Waals surface area contributed by atoms with Crippen LogP contribution in [0.1, 0.15) is 44.9 Å². The highest BCUT2D eigenvalue weighted by Gasteiger charge is 2.46. The minimum atomic E-state index is -0.744. The molecule has 35 heavy (non-hydrogen) atoms. The van der Waals surface area contributed by atoms with Gasteiger partial charge in [-0.25, -0.2) is 0 Å². The van der Waals surface area contributed by atoms with Gasteiger partial charge in [0.25, 0.3) is 11.7 Å². The summed E-state index contributed by atoms with van der Waals surface area (Å²) in [4.78, 5) is 30.2. The number of aliphatic hydroxyl groups excluding tert-OH is 1. The molecular formula is C27H32N2O6. The average molecular weight is 481 g/mol. The predicted molar refractivity (Wildman–Crippen MR) is 132 cm³/mol. The van der Waals surface area contributed by atoms with Crippen LogP contribution in [0.15, 0.2) is 48.0 Å². The van der Waals surface area contributed by atoms with Crippen LogP contribution in [-0.2, 0) is 9.59 Å². The van der Waals surface area contributed by atoms with Gasteiger partial charge in [-0.15, -0.1) is 0 Å². The van der Waals surface area contributed by atoms with Gasteiger partial charge in [0.2, 0.25) is 6.79 Å². The minimum absolute atomic E-state index is 0.0343. The van der Waals surface area contributed by atoms with Gasteiger partial charge in [0, 0.05) is 18.7 Å². The maximum atomic E-state index is 13.3. The average Bonchev–Trinajstić information content (AvgIpc) is 3.41. The van der Waals surface area contributed by atoms with Crippen molar-refractivity contribution in [1.82, 2.24) is 9.80 Å². The van der Waals surface area contributed by atoms with E-state index >= 15 is 0 Å². The van der Waals surface area contributed by atoms with Crippen LogP contribution in [-0.4, -0.2) is 65.7 Å². The van der Waals surface area contributed by atoms with E-state index in [1.807, 2.05) is 38.1 Å². The molecular weight excluding hydrogens is 448 g/mol. The number of nitrogens with zero attached hydrogens (tertiary/aromatic N) is 2. The largest absolute Gasteiger partial charge is 0.507 e. The second-order valence-corrected chi connectivity index (χ2v) is 8.83. The zero-order valence-electron chi connectivity index (χ0n) is 20.6. The first-order chi connectivity index (χ1) is 16.8. The third-order valence-corrected chi connectivity index (χ3v) is 6.28. The number of aliphatic hydroxyl groups is 1. The minimum Gasteiger partial charge on any atom is -0.507 e. The lowest BCUT2D eigenvalue weighted by Gasteiger charge is -2.28. The molecule has 0 bridgehead atoms. The molecule has 2 aliphatic heterocycles. The fourth-order valence-electron chi connectivity index (χ4n) is 4.48. The Labute approximate surface area is 205 Å². The maximum Gasteiger partial charge on any atom is 0.295 e. The predicted octanol–water partition coefficient (Wildman–Crippen LogP) is 3.97. The summed E-state index contributed by atoms with van der Waals surface area (Å²) in [5, 5.41) is 11.3. The van der Waals surface area contributed by atoms with Crippen LogP contribution >= 0.6 is 0 Å². The number of hydrogen-bond donors (Lipinski definition) is 1. The van der Waals surface area contributed by atoms with Gasteiger partial charge in [0.1, 0.15) is 11.5 Å². The summed E-state index contributed by atoms with van der Waals surface area (Å²) in [6, 6.07) is 11.6. The number of rotatable bonds is 9. The highest BCUT2D eigenvalue weighted by Crippen LogP contribution is 2.42. The van der Waals surface area contributed by atoms with Gasteiger partial charge in [-0.2, -0.15) is 0 Å². The molecule has 4 rings (SSSR count). The van der Waals surface area contributed by atoms with Crippen molar-refractivity contribution in [3.8, 4) is 17.2 Å². The van der Waals surface area contributed by atoms with Crippen molar-refractivity contribution in [1.29, 1.82) is 0 Å². The van der Waals surface area contributed by atoms with Crippen molar-refractivity contribution in [2.75, 3.05) is 33.0 Å². The summed E-state index contributed by atoms with van der Waals surface area (Å²) in [5.41, 5.74) is 1.13. The molecule has 1 saturated heterocycles. The van der Waals surface area contributed by atoms with Crippen LogP contribution in [0.3, 0.4) is 0 Å². The van der Waals surface area contributed by atoms with Crippen LogP contribution in [0.25, 0.3) is 5.76 Å². The second-order valence-electron chi connectivity index (χ2n) is 8.83. The van der Waals surface area contributed by atoms with Crippen molar-refractivity contribution in [3.63, 3.8) is 0 Å². The molecule has 1 atom stereocenters. The topological polar surface area (TPSA) is 88.5 Å². The normalized spacial score (nSPS) is 18.7. The zero-order chi connectivity index (χ0) is 25.1. The molecule has 1 unspecified atom stereocenters. The van der Waals surface area contributed by atoms with Gasteiger partial charge in [0.05, 0.1) is 17.7 Å². The van der Waals surface area contributed by atoms with Crippen molar-refractivity contribution in [2.24, 2.45) is 0 Å². The quantitative estimate of drug-likeness (QED) is 0.330. The first-order valence-electron chi connectivity index (χ1n) is 12.0. The third kappa shape index (κ3) is 4.98. The fraction of sp³-hybridized carbons (Fsp3) is 0.407. The van der Waals surface area contributed by atoms with Gasteiger partial charge in [-0.1, -0.05) is 26.0 Å². The Kier molecular flexibility index (Phi) is 7.31. The summed E-state index contributed by atoms with van der Waals surface area (Å²) >= 11 is 0. The van der Waals surface area contributed by atoms with Gasteiger partial charge < -0.3 is 29.1 Å². The summed E-state index contributed by atoms with van der Waals surface area (Å²) in [6.45, 7) is 10.7. The molecule has 2 heterocycles. The smallest absolute Gasteiger partial charge is 0.295 e. The van der Waals surface area contributed by atoms with Gasteiger partial charge in [-0.05, 0) is 62.8 Å². The molecule has 1 amide bonds. The molecule has 8 nitrogen and oxygen atoms in total. The van der Waals surface area contributed by atoms with Crippen molar-refractivity contribution in [2.45, 2.75) is 39.8 Å². The van der Waals surface area contributed by atoms with Crippen LogP contribution in [0.4, 0.5) is 0 Å². The molecule has 2 aromatic rings. The third-order valence-electron chi connectivity index (χ3n) is 6.28. The molecule has 0 spiro atoms. The number of hydrogen-bond acceptors (Lipinski definition) is 7. The van der Waals surface area contributed by atoms with E-state index in [1.54, 1.807) is 23.1 Å². The Morgan fingerprint density at radius 3 is 2.57 bits per heavy atom. The number of likely N-dealkylation sites (tertiary alicyclic amines) is 1. The van der Waals surface area contributed by atoms with Crippen LogP contribution in [0.2, 0.25) is 0 Å². The maximum absolute atomic E-state index is 13.3. The Bertz CT molecular complexity index is 1140. The molecule has 1 N–H and O–H groups in total. The molecule has 186 valence electrons. The lowest BCUT2D eigenvalue weighted by Crippen LogP contribution is -2.38. The van der Waals surface area contributed by atoms with Crippen molar-refractivity contribution >= 4 is 17.4 Å². The van der Waals surface area contributed by atoms with Crippen LogP contribution in [0.5, 0.6) is 17.2 Å². The van der Waals surface area contributed by atoms with Gasteiger partial charge in [0.15, 0.2) is 11.5 Å². The van der Waals surface area contributed by atoms with E-state index in [9.17, 15) is 14.7 Å². The monoisotopic (exact) mass is 480 g/mol. The number of ether oxygens (including phenoxy) is 3. The summed E-state index contributed by atoms with van der Waals surface area (Å²) < 4.78 is 16.7. The lowest BCUT2D eigenvalue weighted by molar-refractivity contribution is -0.140. The Morgan fingerprint density at radius 2 is 1.86 bits per heavy atom. The molecule has 0 saturated carbocycles. The van der Waals surface area contributed by atoms with E-state index in [-0.39, 0.29) is 24.2 Å². The number of carbonyl (C=O) groups is 2. The Hall–Kier alpha value is -3.52. The number of ketones is 1. The highest BCUT2D eigenvalue weighted by molar-refractivity contribution is 6.46. The Morgan fingerprint density at radius 1 is 1.11 bits per heavy atom. The van der Waals surface area contributed by atoms with Crippen molar-refractivity contribution in [3.05, 3.63) is 59.2 Å². The van der Waals surface area contributed by atoms with E-state index in [4.69, 9.17) is 14.2 Å². The Balaban J connectivity index is 1.79. The van der Waals surface area contributed by atoms with E-state index < -0.39 is 17.7 Å². The molecule has 1 fully saturated rings. The number of likely N-dealkylation sites (N-methyl/N-ethyl adjacent to an activating group) is 1. The first kappa shape index (κ1) is 24.6. The van der Waals surface area contributed by atoms with Gasteiger partial charge in [-0.3, -0.25) is 9.59 Å². The van der Waals surface area contributed by atoms with Crippen LogP contribution < -0.4 is 14.2 Å². The summed E-state index contributed by atoms with van der Waals surface area (Å²) in [5.74, 6) is 0.103. The summed E-state index contributed by atoms with van der Waals surface area (Å²) in [7, 11) is 0. The van der Waals surface area contributed by atoms with E-state index in [0.717, 1.165) is 13.1 Å². The SMILES string of the molecule is CCN(CC)CCN1C(=O)C(=O)/C(=C(\O)c2ccc3c(c2)OCO3)C1c1cccc(OC(C)C)c1. The molecule has 0 aromatic heterocycles. The molecule has 2 aromatic carbocycles. The van der Waals surface area contributed by atoms with E-state index in [0.29, 0.717) is 41.5 Å². The first-order valence-corrected chi connectivity index (χ1v) is 12.0. The van der Waals surface area contributed by atoms with Gasteiger partial charge >= 0.3 is 0 Å². The number of amides is 1. The second kappa shape index (κ2) is 10.4. The molecule has 0 aliphatic carbocycles. The van der Waals surface area contributed by atoms with Crippen molar-refractivity contribution < 1.29 is 28.9 Å². The number of benzene rings is 2. The number of fused-ring (bicyclic) bond motifs is 1. The molecule has 0 radical (unpaired) electrons. The molecule has 8 heteroatoms. The summed E-state index contributed by atoms with van der Waals surface area (Å²) in [6.07, 6.45) is -0.0343. The standard InChI is InChI=1S/C27H32N2O6/c1-5-28(6-2)12-13-29-24(18-8-7-9-20(14-18)35-17(3)4)23(26(31)27(29)32)25(30)19-10-11-21-22(15-19)34-16-33-21/h7-11,14-15,17,24,30H,5-6,12-13,16H2,1-4H3/b25-23-. The number of Topliss-reactive ketones (excluding diaryl/α,β-unsaturated/α-hetero) is 1. The highest BCUT2D eigenvalue weighted by atomic mass is 16.7. The lowest BCUT2D eigenvalue weighted by atomic mass is 9.95. The zero-order valence-corrected chi connectivity index (χ0v) is 20.6. The van der Waals surface area contributed by atoms with Crippen LogP contribution in [0, 0.1) is 0 Å². The molecule has 2 aliphatic rings. The fourth-order valence-corrected chi connectivity index (χ4v) is 4.48. The van der Waals surface area contributed by atoms with E-state index in [1.165, 1.54) is 0 Å².